The summed E-state index contributed by atoms with van der Waals surface area (Å²) >= 11 is 0. The highest BCUT2D eigenvalue weighted by molar-refractivity contribution is 7.86. The van der Waals surface area contributed by atoms with Crippen molar-refractivity contribution in [2.45, 2.75) is 31.3 Å². The normalized spacial score (nSPS) is 30.4. The van der Waals surface area contributed by atoms with E-state index in [9.17, 15) is 8.42 Å². The van der Waals surface area contributed by atoms with E-state index in [1.807, 2.05) is 7.05 Å². The molecule has 0 radical (unpaired) electrons. The van der Waals surface area contributed by atoms with Crippen LogP contribution in [0.3, 0.4) is 0 Å². The standard InChI is InChI=1S/C10H21N3O3S.ClH/c1-12-5-2-3-9(7-12)13(17(11,14)15)10-4-6-16-8-10;/h9-10H,2-8H2,1H3,(H2,11,14,15);1H. The minimum absolute atomic E-state index is 0. The van der Waals surface area contributed by atoms with E-state index in [-0.39, 0.29) is 24.5 Å². The van der Waals surface area contributed by atoms with Gasteiger partial charge in [0.15, 0.2) is 0 Å². The minimum atomic E-state index is -3.64. The number of rotatable bonds is 3. The second-order valence-electron chi connectivity index (χ2n) is 4.95. The van der Waals surface area contributed by atoms with Gasteiger partial charge in [-0.3, -0.25) is 0 Å². The number of ether oxygens (including phenoxy) is 1. The van der Waals surface area contributed by atoms with Crippen molar-refractivity contribution in [2.24, 2.45) is 5.14 Å². The van der Waals surface area contributed by atoms with Crippen LogP contribution < -0.4 is 5.14 Å². The summed E-state index contributed by atoms with van der Waals surface area (Å²) in [5.41, 5.74) is 0. The molecule has 108 valence electrons. The Balaban J connectivity index is 0.00000162. The molecule has 2 aliphatic rings. The van der Waals surface area contributed by atoms with E-state index in [0.29, 0.717) is 13.2 Å². The smallest absolute Gasteiger partial charge is 0.277 e. The summed E-state index contributed by atoms with van der Waals surface area (Å²) in [6, 6.07) is -0.0862. The molecule has 0 aromatic carbocycles. The number of likely N-dealkylation sites (N-methyl/N-ethyl adjacent to an activating group) is 1. The zero-order valence-corrected chi connectivity index (χ0v) is 12.3. The highest BCUT2D eigenvalue weighted by Gasteiger charge is 2.37. The molecule has 0 spiro atoms. The lowest BCUT2D eigenvalue weighted by atomic mass is 10.0. The lowest BCUT2D eigenvalue weighted by Crippen LogP contribution is -2.55. The number of hydrogen-bond acceptors (Lipinski definition) is 4. The Labute approximate surface area is 115 Å². The van der Waals surface area contributed by atoms with Crippen molar-refractivity contribution in [3.63, 3.8) is 0 Å². The van der Waals surface area contributed by atoms with Gasteiger partial charge in [-0.05, 0) is 32.9 Å². The molecular weight excluding hydrogens is 278 g/mol. The van der Waals surface area contributed by atoms with Gasteiger partial charge in [0.05, 0.1) is 12.6 Å². The van der Waals surface area contributed by atoms with Gasteiger partial charge < -0.3 is 9.64 Å². The number of piperidine rings is 1. The van der Waals surface area contributed by atoms with Crippen molar-refractivity contribution < 1.29 is 13.2 Å². The van der Waals surface area contributed by atoms with Crippen LogP contribution in [0.2, 0.25) is 0 Å². The number of halogens is 1. The SMILES string of the molecule is CN1CCCC(N(C2CCOC2)S(N)(=O)=O)C1.Cl. The first kappa shape index (κ1) is 16.1. The van der Waals surface area contributed by atoms with Crippen LogP contribution in [0.15, 0.2) is 0 Å². The molecule has 2 unspecified atom stereocenters. The minimum Gasteiger partial charge on any atom is -0.380 e. The first-order valence-corrected chi connectivity index (χ1v) is 7.56. The van der Waals surface area contributed by atoms with Crippen molar-refractivity contribution in [3.05, 3.63) is 0 Å². The van der Waals surface area contributed by atoms with Crippen LogP contribution in [0.4, 0.5) is 0 Å². The second kappa shape index (κ2) is 6.49. The van der Waals surface area contributed by atoms with Crippen LogP contribution in [-0.4, -0.2) is 63.1 Å². The summed E-state index contributed by atoms with van der Waals surface area (Å²) in [5, 5.41) is 5.36. The Hall–Kier alpha value is 0.0800. The fourth-order valence-electron chi connectivity index (χ4n) is 2.78. The summed E-state index contributed by atoms with van der Waals surface area (Å²) in [6.07, 6.45) is 2.65. The molecule has 0 bridgehead atoms. The third-order valence-corrected chi connectivity index (χ3v) is 4.70. The van der Waals surface area contributed by atoms with E-state index >= 15 is 0 Å². The summed E-state index contributed by atoms with van der Waals surface area (Å²) in [4.78, 5) is 2.15. The molecule has 2 aliphatic heterocycles. The van der Waals surface area contributed by atoms with Crippen LogP contribution in [-0.2, 0) is 14.9 Å². The fourth-order valence-corrected chi connectivity index (χ4v) is 3.95. The molecule has 6 nitrogen and oxygen atoms in total. The van der Waals surface area contributed by atoms with Gasteiger partial charge in [0.25, 0.3) is 10.2 Å². The van der Waals surface area contributed by atoms with Gasteiger partial charge in [-0.2, -0.15) is 12.7 Å². The molecule has 2 fully saturated rings. The van der Waals surface area contributed by atoms with E-state index in [1.165, 1.54) is 4.31 Å². The van der Waals surface area contributed by atoms with Crippen molar-refractivity contribution in [2.75, 3.05) is 33.4 Å². The third kappa shape index (κ3) is 3.79. The van der Waals surface area contributed by atoms with Crippen LogP contribution in [0.25, 0.3) is 0 Å². The molecule has 18 heavy (non-hydrogen) atoms. The van der Waals surface area contributed by atoms with E-state index in [2.05, 4.69) is 4.90 Å². The molecule has 2 N–H and O–H groups in total. The summed E-state index contributed by atoms with van der Waals surface area (Å²) in [6.45, 7) is 2.87. The molecule has 0 aromatic heterocycles. The largest absolute Gasteiger partial charge is 0.380 e. The Morgan fingerprint density at radius 3 is 2.56 bits per heavy atom. The fraction of sp³-hybridized carbons (Fsp3) is 1.00. The van der Waals surface area contributed by atoms with Crippen LogP contribution >= 0.6 is 12.4 Å². The van der Waals surface area contributed by atoms with E-state index in [4.69, 9.17) is 9.88 Å². The molecule has 2 saturated heterocycles. The van der Waals surface area contributed by atoms with Crippen molar-refractivity contribution in [1.29, 1.82) is 0 Å². The quantitative estimate of drug-likeness (QED) is 0.783. The van der Waals surface area contributed by atoms with E-state index in [1.54, 1.807) is 0 Å². The lowest BCUT2D eigenvalue weighted by Gasteiger charge is -2.38. The third-order valence-electron chi connectivity index (χ3n) is 3.52. The van der Waals surface area contributed by atoms with Gasteiger partial charge in [-0.15, -0.1) is 12.4 Å². The average Bonchev–Trinajstić information content (AvgIpc) is 2.69. The van der Waals surface area contributed by atoms with E-state index < -0.39 is 10.2 Å². The predicted molar refractivity (Wildman–Crippen MR) is 71.9 cm³/mol. The first-order valence-electron chi connectivity index (χ1n) is 6.06. The van der Waals surface area contributed by atoms with Crippen LogP contribution in [0, 0.1) is 0 Å². The number of likely N-dealkylation sites (tertiary alicyclic amines) is 1. The predicted octanol–water partition coefficient (Wildman–Crippen LogP) is -0.203. The van der Waals surface area contributed by atoms with Gasteiger partial charge in [0.1, 0.15) is 0 Å². The molecule has 0 amide bonds. The highest BCUT2D eigenvalue weighted by atomic mass is 35.5. The van der Waals surface area contributed by atoms with Gasteiger partial charge >= 0.3 is 0 Å². The number of nitrogens with zero attached hydrogens (tertiary/aromatic N) is 2. The zero-order valence-electron chi connectivity index (χ0n) is 10.6. The molecule has 2 rings (SSSR count). The topological polar surface area (TPSA) is 75.9 Å². The Bertz CT molecular complexity index is 359. The average molecular weight is 300 g/mol. The maximum atomic E-state index is 11.8. The molecular formula is C10H22ClN3O3S. The van der Waals surface area contributed by atoms with Crippen LogP contribution in [0.1, 0.15) is 19.3 Å². The Morgan fingerprint density at radius 2 is 2.06 bits per heavy atom. The van der Waals surface area contributed by atoms with Crippen molar-refractivity contribution in [3.8, 4) is 0 Å². The molecule has 8 heteroatoms. The maximum Gasteiger partial charge on any atom is 0.277 e. The summed E-state index contributed by atoms with van der Waals surface area (Å²) < 4.78 is 30.3. The van der Waals surface area contributed by atoms with Gasteiger partial charge in [-0.25, -0.2) is 5.14 Å². The zero-order chi connectivity index (χ0) is 12.5. The van der Waals surface area contributed by atoms with Gasteiger partial charge in [0, 0.05) is 19.2 Å². The maximum absolute atomic E-state index is 11.8. The summed E-state index contributed by atoms with van der Waals surface area (Å²) in [7, 11) is -1.63. The lowest BCUT2D eigenvalue weighted by molar-refractivity contribution is 0.126. The Kier molecular flexibility index (Phi) is 5.82. The van der Waals surface area contributed by atoms with Crippen LogP contribution in [0.5, 0.6) is 0 Å². The molecule has 2 atom stereocenters. The summed E-state index contributed by atoms with van der Waals surface area (Å²) in [5.74, 6) is 0. The second-order valence-corrected chi connectivity index (χ2v) is 6.40. The van der Waals surface area contributed by atoms with Crippen molar-refractivity contribution in [1.82, 2.24) is 9.21 Å². The van der Waals surface area contributed by atoms with Gasteiger partial charge in [-0.1, -0.05) is 0 Å². The Morgan fingerprint density at radius 1 is 1.33 bits per heavy atom. The molecule has 2 heterocycles. The molecule has 0 aliphatic carbocycles. The van der Waals surface area contributed by atoms with E-state index in [0.717, 1.165) is 32.4 Å². The van der Waals surface area contributed by atoms with Gasteiger partial charge in [0.2, 0.25) is 0 Å². The monoisotopic (exact) mass is 299 g/mol. The highest BCUT2D eigenvalue weighted by Crippen LogP contribution is 2.23. The van der Waals surface area contributed by atoms with Crippen molar-refractivity contribution >= 4 is 22.6 Å². The first-order chi connectivity index (χ1) is 7.98. The number of hydrogen-bond donors (Lipinski definition) is 1. The number of nitrogens with two attached hydrogens (primary N) is 1. The molecule has 0 saturated carbocycles. The molecule has 0 aromatic rings.